The molecule has 0 saturated carbocycles. The Hall–Kier alpha value is -2.92. The van der Waals surface area contributed by atoms with Crippen LogP contribution in [0.4, 0.5) is 0 Å². The van der Waals surface area contributed by atoms with Crippen molar-refractivity contribution >= 4 is 11.0 Å². The van der Waals surface area contributed by atoms with Gasteiger partial charge in [-0.15, -0.1) is 0 Å². The van der Waals surface area contributed by atoms with Crippen LogP contribution >= 0.6 is 0 Å². The van der Waals surface area contributed by atoms with Crippen molar-refractivity contribution in [2.45, 2.75) is 52.6 Å². The molecule has 2 aromatic carbocycles. The molecule has 3 heterocycles. The first-order valence-corrected chi connectivity index (χ1v) is 11.4. The SMILES string of the molecule is Cc1ccc2c(c1)nc(C)n2Cc1ccc(-c2nc(CN3CCCCCC3)co2)cc1. The first kappa shape index (κ1) is 20.0. The first-order valence-electron chi connectivity index (χ1n) is 11.4. The van der Waals surface area contributed by atoms with Gasteiger partial charge < -0.3 is 8.98 Å². The van der Waals surface area contributed by atoms with E-state index in [1.54, 1.807) is 0 Å². The monoisotopic (exact) mass is 414 g/mol. The van der Waals surface area contributed by atoms with Gasteiger partial charge in [0.1, 0.15) is 12.1 Å². The normalized spacial score (nSPS) is 15.4. The Kier molecular flexibility index (Phi) is 5.60. The Labute approximate surface area is 183 Å². The maximum absolute atomic E-state index is 5.80. The van der Waals surface area contributed by atoms with E-state index in [9.17, 15) is 0 Å². The van der Waals surface area contributed by atoms with Crippen LogP contribution in [-0.4, -0.2) is 32.5 Å². The summed E-state index contributed by atoms with van der Waals surface area (Å²) in [5.41, 5.74) is 6.76. The van der Waals surface area contributed by atoms with Crippen molar-refractivity contribution < 1.29 is 4.42 Å². The number of hydrogen-bond donors (Lipinski definition) is 0. The van der Waals surface area contributed by atoms with Gasteiger partial charge >= 0.3 is 0 Å². The number of likely N-dealkylation sites (tertiary alicyclic amines) is 1. The van der Waals surface area contributed by atoms with Gasteiger partial charge in [-0.25, -0.2) is 9.97 Å². The van der Waals surface area contributed by atoms with Crippen LogP contribution in [0.15, 0.2) is 53.1 Å². The maximum atomic E-state index is 5.80. The molecule has 31 heavy (non-hydrogen) atoms. The predicted molar refractivity (Wildman–Crippen MR) is 124 cm³/mol. The number of oxazole rings is 1. The van der Waals surface area contributed by atoms with Crippen molar-refractivity contribution in [1.82, 2.24) is 19.4 Å². The molecule has 2 aromatic heterocycles. The molecule has 0 N–H and O–H groups in total. The summed E-state index contributed by atoms with van der Waals surface area (Å²) in [6.45, 7) is 8.19. The molecule has 1 saturated heterocycles. The molecule has 0 aliphatic carbocycles. The van der Waals surface area contributed by atoms with Crippen molar-refractivity contribution in [3.05, 3.63) is 71.4 Å². The Morgan fingerprint density at radius 3 is 2.42 bits per heavy atom. The van der Waals surface area contributed by atoms with E-state index in [-0.39, 0.29) is 0 Å². The van der Waals surface area contributed by atoms with Gasteiger partial charge in [0.2, 0.25) is 5.89 Å². The fourth-order valence-corrected chi connectivity index (χ4v) is 4.53. The van der Waals surface area contributed by atoms with Gasteiger partial charge in [-0.3, -0.25) is 4.90 Å². The second-order valence-electron chi connectivity index (χ2n) is 8.77. The second-order valence-corrected chi connectivity index (χ2v) is 8.77. The van der Waals surface area contributed by atoms with Crippen LogP contribution in [0, 0.1) is 13.8 Å². The molecular weight excluding hydrogens is 384 g/mol. The lowest BCUT2D eigenvalue weighted by molar-refractivity contribution is 0.273. The van der Waals surface area contributed by atoms with E-state index in [0.29, 0.717) is 5.89 Å². The summed E-state index contributed by atoms with van der Waals surface area (Å²) in [6.07, 6.45) is 7.09. The third-order valence-electron chi connectivity index (χ3n) is 6.27. The maximum Gasteiger partial charge on any atom is 0.226 e. The molecule has 4 aromatic rings. The van der Waals surface area contributed by atoms with Crippen LogP contribution in [0.1, 0.15) is 48.3 Å². The Bertz CT molecular complexity index is 1160. The third-order valence-corrected chi connectivity index (χ3v) is 6.27. The zero-order valence-electron chi connectivity index (χ0n) is 18.5. The van der Waals surface area contributed by atoms with Gasteiger partial charge in [-0.1, -0.05) is 31.0 Å². The molecule has 1 aliphatic rings. The van der Waals surface area contributed by atoms with Gasteiger partial charge in [0, 0.05) is 18.7 Å². The molecule has 0 radical (unpaired) electrons. The summed E-state index contributed by atoms with van der Waals surface area (Å²) >= 11 is 0. The van der Waals surface area contributed by atoms with Crippen LogP contribution in [0.5, 0.6) is 0 Å². The van der Waals surface area contributed by atoms with Crippen molar-refractivity contribution in [2.75, 3.05) is 13.1 Å². The summed E-state index contributed by atoms with van der Waals surface area (Å²) in [5, 5.41) is 0. The van der Waals surface area contributed by atoms with E-state index in [1.807, 2.05) is 6.26 Å². The van der Waals surface area contributed by atoms with E-state index in [0.717, 1.165) is 35.7 Å². The molecule has 5 rings (SSSR count). The lowest BCUT2D eigenvalue weighted by Gasteiger charge is -2.17. The number of nitrogens with zero attached hydrogens (tertiary/aromatic N) is 4. The van der Waals surface area contributed by atoms with E-state index in [1.165, 1.54) is 55.4 Å². The second kappa shape index (κ2) is 8.67. The molecule has 0 atom stereocenters. The molecule has 5 nitrogen and oxygen atoms in total. The molecule has 0 spiro atoms. The summed E-state index contributed by atoms with van der Waals surface area (Å²) in [7, 11) is 0. The Morgan fingerprint density at radius 2 is 1.65 bits per heavy atom. The van der Waals surface area contributed by atoms with E-state index in [4.69, 9.17) is 14.4 Å². The highest BCUT2D eigenvalue weighted by molar-refractivity contribution is 5.77. The van der Waals surface area contributed by atoms with Crippen LogP contribution in [0.3, 0.4) is 0 Å². The average Bonchev–Trinajstić information content (AvgIpc) is 3.24. The molecule has 0 amide bonds. The van der Waals surface area contributed by atoms with Gasteiger partial charge in [-0.05, 0) is 75.2 Å². The van der Waals surface area contributed by atoms with Gasteiger partial charge in [0.05, 0.1) is 16.7 Å². The highest BCUT2D eigenvalue weighted by atomic mass is 16.3. The highest BCUT2D eigenvalue weighted by Gasteiger charge is 2.14. The van der Waals surface area contributed by atoms with E-state index in [2.05, 4.69) is 65.8 Å². The quantitative estimate of drug-likeness (QED) is 0.418. The topological polar surface area (TPSA) is 47.1 Å². The van der Waals surface area contributed by atoms with Crippen LogP contribution in [0.2, 0.25) is 0 Å². The van der Waals surface area contributed by atoms with Crippen LogP contribution in [0.25, 0.3) is 22.5 Å². The van der Waals surface area contributed by atoms with Gasteiger partial charge in [-0.2, -0.15) is 0 Å². The zero-order valence-corrected chi connectivity index (χ0v) is 18.5. The zero-order chi connectivity index (χ0) is 21.2. The number of rotatable bonds is 5. The molecule has 0 bridgehead atoms. The molecule has 160 valence electrons. The van der Waals surface area contributed by atoms with Crippen molar-refractivity contribution in [1.29, 1.82) is 0 Å². The Morgan fingerprint density at radius 1 is 0.871 bits per heavy atom. The molecular formula is C26H30N4O. The summed E-state index contributed by atoms with van der Waals surface area (Å²) < 4.78 is 8.08. The largest absolute Gasteiger partial charge is 0.444 e. The fourth-order valence-electron chi connectivity index (χ4n) is 4.53. The van der Waals surface area contributed by atoms with E-state index >= 15 is 0 Å². The number of imidazole rings is 1. The average molecular weight is 415 g/mol. The van der Waals surface area contributed by atoms with Crippen molar-refractivity contribution in [3.63, 3.8) is 0 Å². The number of aryl methyl sites for hydroxylation is 2. The number of aromatic nitrogens is 3. The minimum Gasteiger partial charge on any atom is -0.444 e. The van der Waals surface area contributed by atoms with Gasteiger partial charge in [0.15, 0.2) is 0 Å². The summed E-state index contributed by atoms with van der Waals surface area (Å²) in [5.74, 6) is 1.74. The number of benzene rings is 2. The summed E-state index contributed by atoms with van der Waals surface area (Å²) in [4.78, 5) is 12.0. The van der Waals surface area contributed by atoms with Crippen LogP contribution in [-0.2, 0) is 13.1 Å². The van der Waals surface area contributed by atoms with Crippen molar-refractivity contribution in [2.24, 2.45) is 0 Å². The first-order chi connectivity index (χ1) is 15.2. The molecule has 1 aliphatic heterocycles. The summed E-state index contributed by atoms with van der Waals surface area (Å²) in [6, 6.07) is 15.0. The van der Waals surface area contributed by atoms with Crippen molar-refractivity contribution in [3.8, 4) is 11.5 Å². The smallest absolute Gasteiger partial charge is 0.226 e. The standard InChI is InChI=1S/C26H30N4O/c1-19-7-12-25-24(15-19)27-20(2)30(25)16-21-8-10-22(11-9-21)26-28-23(18-31-26)17-29-13-5-3-4-6-14-29/h7-12,15,18H,3-6,13-14,16-17H2,1-2H3. The highest BCUT2D eigenvalue weighted by Crippen LogP contribution is 2.23. The minimum atomic E-state index is 0.705. The Balaban J connectivity index is 1.29. The minimum absolute atomic E-state index is 0.705. The number of fused-ring (bicyclic) bond motifs is 1. The third kappa shape index (κ3) is 4.42. The lowest BCUT2D eigenvalue weighted by atomic mass is 10.1. The molecule has 0 unspecified atom stereocenters. The lowest BCUT2D eigenvalue weighted by Crippen LogP contribution is -2.24. The molecule has 1 fully saturated rings. The molecule has 5 heteroatoms. The fraction of sp³-hybridized carbons (Fsp3) is 0.385. The number of hydrogen-bond acceptors (Lipinski definition) is 4. The van der Waals surface area contributed by atoms with E-state index < -0.39 is 0 Å². The van der Waals surface area contributed by atoms with Gasteiger partial charge in [0.25, 0.3) is 0 Å². The van der Waals surface area contributed by atoms with Crippen LogP contribution < -0.4 is 0 Å². The predicted octanol–water partition coefficient (Wildman–Crippen LogP) is 5.73.